The summed E-state index contributed by atoms with van der Waals surface area (Å²) in [4.78, 5) is 14.3. The quantitative estimate of drug-likeness (QED) is 0.644. The molecule has 0 fully saturated rings. The number of carbonyl (C=O) groups excluding carboxylic acids is 1. The van der Waals surface area contributed by atoms with E-state index in [9.17, 15) is 4.79 Å². The third-order valence-electron chi connectivity index (χ3n) is 1.10. The number of hydrogen-bond donors (Lipinski definition) is 1. The lowest BCUT2D eigenvalue weighted by molar-refractivity contribution is -0.110. The Bertz CT molecular complexity index is 222. The second-order valence-electron chi connectivity index (χ2n) is 1.93. The van der Waals surface area contributed by atoms with Crippen LogP contribution in [-0.4, -0.2) is 10.1 Å². The number of aromatic nitrogens is 1. The molecule has 0 amide bonds. The number of carbonyl (C=O) groups is 1. The Labute approximate surface area is 64.7 Å². The summed E-state index contributed by atoms with van der Waals surface area (Å²) in [5, 5.41) is -0.119. The van der Waals surface area contributed by atoms with Crippen LogP contribution in [0.2, 0.25) is 0 Å². The normalized spacial score (nSPS) is 9.30. The third kappa shape index (κ3) is 2.19. The second-order valence-corrected chi connectivity index (χ2v) is 2.42. The predicted octanol–water partition coefficient (Wildman–Crippen LogP) is 1.08. The van der Waals surface area contributed by atoms with E-state index in [0.717, 1.165) is 5.56 Å². The molecule has 0 saturated carbocycles. The number of rotatable bonds is 2. The molecule has 0 radical (unpaired) electrons. The highest BCUT2D eigenvalue weighted by Gasteiger charge is 1.95. The van der Waals surface area contributed by atoms with Crippen LogP contribution in [0.25, 0.3) is 0 Å². The first kappa shape index (κ1) is 7.28. The average Bonchev–Trinajstić information content (AvgIpc) is 1.88. The Balaban J connectivity index is 2.67. The molecule has 1 aromatic heterocycles. The zero-order valence-electron chi connectivity index (χ0n) is 5.32. The van der Waals surface area contributed by atoms with Gasteiger partial charge in [-0.2, -0.15) is 0 Å². The Morgan fingerprint density at radius 3 is 2.60 bits per heavy atom. The molecule has 0 aliphatic rings. The first-order valence-corrected chi connectivity index (χ1v) is 3.34. The van der Waals surface area contributed by atoms with Gasteiger partial charge >= 0.3 is 0 Å². The van der Waals surface area contributed by atoms with E-state index in [4.69, 9.17) is 0 Å². The Kier molecular flexibility index (Phi) is 2.45. The molecule has 0 aromatic carbocycles. The van der Waals surface area contributed by atoms with Crippen LogP contribution in [0.5, 0.6) is 0 Å². The largest absolute Gasteiger partial charge is 0.287 e. The van der Waals surface area contributed by atoms with Crippen molar-refractivity contribution < 1.29 is 4.79 Å². The van der Waals surface area contributed by atoms with Crippen molar-refractivity contribution in [2.24, 2.45) is 0 Å². The maximum atomic E-state index is 10.5. The molecule has 2 nitrogen and oxygen atoms in total. The van der Waals surface area contributed by atoms with Crippen molar-refractivity contribution in [2.45, 2.75) is 6.42 Å². The van der Waals surface area contributed by atoms with Gasteiger partial charge in [-0.1, -0.05) is 0 Å². The van der Waals surface area contributed by atoms with Gasteiger partial charge in [0.15, 0.2) is 5.12 Å². The van der Waals surface area contributed by atoms with Crippen molar-refractivity contribution in [1.29, 1.82) is 0 Å². The first-order valence-electron chi connectivity index (χ1n) is 2.90. The van der Waals surface area contributed by atoms with Crippen LogP contribution in [0.15, 0.2) is 24.5 Å². The highest BCUT2D eigenvalue weighted by molar-refractivity contribution is 7.96. The molecule has 1 rings (SSSR count). The van der Waals surface area contributed by atoms with Crippen molar-refractivity contribution in [3.05, 3.63) is 30.1 Å². The topological polar surface area (TPSA) is 30.0 Å². The highest BCUT2D eigenvalue weighted by Crippen LogP contribution is 1.98. The monoisotopic (exact) mass is 153 g/mol. The van der Waals surface area contributed by atoms with E-state index in [-0.39, 0.29) is 5.12 Å². The van der Waals surface area contributed by atoms with Gasteiger partial charge in [-0.15, -0.1) is 12.6 Å². The SMILES string of the molecule is O=C(S)Cc1ccncc1. The molecule has 0 unspecified atom stereocenters. The molecule has 0 bridgehead atoms. The Morgan fingerprint density at radius 1 is 1.50 bits per heavy atom. The highest BCUT2D eigenvalue weighted by atomic mass is 32.1. The average molecular weight is 153 g/mol. The lowest BCUT2D eigenvalue weighted by atomic mass is 10.2. The van der Waals surface area contributed by atoms with Crippen molar-refractivity contribution in [3.8, 4) is 0 Å². The molecular formula is C7H7NOS. The van der Waals surface area contributed by atoms with Crippen molar-refractivity contribution >= 4 is 17.7 Å². The van der Waals surface area contributed by atoms with Crippen LogP contribution in [0, 0.1) is 0 Å². The van der Waals surface area contributed by atoms with Gasteiger partial charge < -0.3 is 0 Å². The molecule has 0 spiro atoms. The molecule has 0 aliphatic heterocycles. The minimum absolute atomic E-state index is 0.119. The summed E-state index contributed by atoms with van der Waals surface area (Å²) in [7, 11) is 0. The minimum atomic E-state index is -0.119. The summed E-state index contributed by atoms with van der Waals surface area (Å²) >= 11 is 3.65. The van der Waals surface area contributed by atoms with Gasteiger partial charge in [0.2, 0.25) is 0 Å². The van der Waals surface area contributed by atoms with Gasteiger partial charge in [0.1, 0.15) is 0 Å². The standard InChI is InChI=1S/C7H7NOS/c9-7(10)5-6-1-3-8-4-2-6/h1-4H,5H2,(H,9,10). The van der Waals surface area contributed by atoms with Gasteiger partial charge in [-0.05, 0) is 17.7 Å². The Hall–Kier alpha value is -0.830. The van der Waals surface area contributed by atoms with Crippen LogP contribution >= 0.6 is 12.6 Å². The molecule has 1 heterocycles. The van der Waals surface area contributed by atoms with E-state index in [1.54, 1.807) is 24.5 Å². The van der Waals surface area contributed by atoms with E-state index in [2.05, 4.69) is 17.6 Å². The summed E-state index contributed by atoms with van der Waals surface area (Å²) in [5.41, 5.74) is 0.954. The molecule has 10 heavy (non-hydrogen) atoms. The molecule has 0 aliphatic carbocycles. The summed E-state index contributed by atoms with van der Waals surface area (Å²) in [6, 6.07) is 3.60. The lowest BCUT2D eigenvalue weighted by Gasteiger charge is -1.92. The fourth-order valence-electron chi connectivity index (χ4n) is 0.675. The fourth-order valence-corrected chi connectivity index (χ4v) is 0.858. The van der Waals surface area contributed by atoms with E-state index >= 15 is 0 Å². The van der Waals surface area contributed by atoms with Crippen LogP contribution in [0.3, 0.4) is 0 Å². The van der Waals surface area contributed by atoms with Crippen molar-refractivity contribution in [3.63, 3.8) is 0 Å². The van der Waals surface area contributed by atoms with Gasteiger partial charge in [0.05, 0.1) is 0 Å². The summed E-state index contributed by atoms with van der Waals surface area (Å²) in [5.74, 6) is 0. The molecule has 0 N–H and O–H groups in total. The van der Waals surface area contributed by atoms with E-state index in [1.807, 2.05) is 0 Å². The second kappa shape index (κ2) is 3.37. The number of thiol groups is 1. The lowest BCUT2D eigenvalue weighted by Crippen LogP contribution is -1.92. The smallest absolute Gasteiger partial charge is 0.190 e. The number of nitrogens with zero attached hydrogens (tertiary/aromatic N) is 1. The zero-order chi connectivity index (χ0) is 7.40. The van der Waals surface area contributed by atoms with Gasteiger partial charge in [0.25, 0.3) is 0 Å². The summed E-state index contributed by atoms with van der Waals surface area (Å²) in [6.45, 7) is 0. The molecular weight excluding hydrogens is 146 g/mol. The van der Waals surface area contributed by atoms with Crippen LogP contribution in [-0.2, 0) is 11.2 Å². The number of hydrogen-bond acceptors (Lipinski definition) is 2. The van der Waals surface area contributed by atoms with Crippen molar-refractivity contribution in [2.75, 3.05) is 0 Å². The van der Waals surface area contributed by atoms with Crippen molar-refractivity contribution in [1.82, 2.24) is 4.98 Å². The first-order chi connectivity index (χ1) is 4.79. The third-order valence-corrected chi connectivity index (χ3v) is 1.26. The molecule has 3 heteroatoms. The zero-order valence-corrected chi connectivity index (χ0v) is 6.21. The minimum Gasteiger partial charge on any atom is -0.287 e. The summed E-state index contributed by atoms with van der Waals surface area (Å²) in [6.07, 6.45) is 3.70. The fraction of sp³-hybridized carbons (Fsp3) is 0.143. The Morgan fingerprint density at radius 2 is 2.10 bits per heavy atom. The van der Waals surface area contributed by atoms with E-state index in [1.165, 1.54) is 0 Å². The maximum Gasteiger partial charge on any atom is 0.190 e. The van der Waals surface area contributed by atoms with Crippen LogP contribution in [0.1, 0.15) is 5.56 Å². The van der Waals surface area contributed by atoms with E-state index in [0.29, 0.717) is 6.42 Å². The van der Waals surface area contributed by atoms with Crippen LogP contribution < -0.4 is 0 Å². The molecule has 0 atom stereocenters. The molecule has 0 saturated heterocycles. The van der Waals surface area contributed by atoms with Gasteiger partial charge in [0, 0.05) is 18.8 Å². The molecule has 52 valence electrons. The van der Waals surface area contributed by atoms with Crippen LogP contribution in [0.4, 0.5) is 0 Å². The molecule has 1 aromatic rings. The van der Waals surface area contributed by atoms with Gasteiger partial charge in [-0.25, -0.2) is 0 Å². The summed E-state index contributed by atoms with van der Waals surface area (Å²) < 4.78 is 0. The van der Waals surface area contributed by atoms with Gasteiger partial charge in [-0.3, -0.25) is 9.78 Å². The number of pyridine rings is 1. The van der Waals surface area contributed by atoms with E-state index < -0.39 is 0 Å². The maximum absolute atomic E-state index is 10.5. The predicted molar refractivity (Wildman–Crippen MR) is 41.9 cm³/mol.